The number of carbonyl (C=O) groups excluding carboxylic acids is 1. The highest BCUT2D eigenvalue weighted by Gasteiger charge is 2.28. The third-order valence-electron chi connectivity index (χ3n) is 5.15. The Hall–Kier alpha value is -2.80. The molecule has 1 saturated heterocycles. The van der Waals surface area contributed by atoms with Crippen molar-refractivity contribution in [3.8, 4) is 0 Å². The number of carbonyl (C=O) groups is 1. The molecule has 1 aromatic heterocycles. The van der Waals surface area contributed by atoms with Crippen LogP contribution in [-0.2, 0) is 17.6 Å². The molecule has 4 rings (SSSR count). The van der Waals surface area contributed by atoms with Crippen LogP contribution in [0.5, 0.6) is 0 Å². The number of nitrogens with zero attached hydrogens (tertiary/aromatic N) is 4. The lowest BCUT2D eigenvalue weighted by atomic mass is 10.1. The van der Waals surface area contributed by atoms with Gasteiger partial charge < -0.3 is 9.80 Å². The average molecular weight is 411 g/mol. The zero-order valence-electron chi connectivity index (χ0n) is 16.3. The van der Waals surface area contributed by atoms with Gasteiger partial charge in [0.25, 0.3) is 0 Å². The van der Waals surface area contributed by atoms with Gasteiger partial charge in [-0.05, 0) is 30.2 Å². The predicted molar refractivity (Wildman–Crippen MR) is 113 cm³/mol. The summed E-state index contributed by atoms with van der Waals surface area (Å²) in [6.07, 6.45) is 1.02. The molecule has 2 aromatic carbocycles. The normalized spacial score (nSPS) is 16.8. The van der Waals surface area contributed by atoms with E-state index in [1.54, 1.807) is 12.1 Å². The van der Waals surface area contributed by atoms with Gasteiger partial charge in [0.2, 0.25) is 11.0 Å². The van der Waals surface area contributed by atoms with Crippen LogP contribution >= 0.6 is 11.5 Å². The van der Waals surface area contributed by atoms with E-state index in [1.165, 1.54) is 23.7 Å². The Balaban J connectivity index is 1.35. The van der Waals surface area contributed by atoms with Crippen molar-refractivity contribution in [1.82, 2.24) is 14.3 Å². The third-order valence-corrected chi connectivity index (χ3v) is 5.96. The summed E-state index contributed by atoms with van der Waals surface area (Å²) in [5.41, 5.74) is 2.03. The number of aromatic nitrogens is 2. The molecule has 29 heavy (non-hydrogen) atoms. The van der Waals surface area contributed by atoms with Gasteiger partial charge >= 0.3 is 0 Å². The number of halogens is 1. The van der Waals surface area contributed by atoms with E-state index in [4.69, 9.17) is 0 Å². The molecule has 1 aliphatic rings. The van der Waals surface area contributed by atoms with E-state index in [2.05, 4.69) is 21.2 Å². The Labute approximate surface area is 174 Å². The van der Waals surface area contributed by atoms with Crippen LogP contribution in [0.2, 0.25) is 0 Å². The summed E-state index contributed by atoms with van der Waals surface area (Å²) in [7, 11) is 0. The standard InChI is InChI=1S/C22H23FN4OS/c1-16-15-26(11-12-27(16)21(28)14-17-5-3-2-4-6-17)22-24-20(25-29-22)13-18-7-9-19(23)10-8-18/h2-10,16H,11-15H2,1H3/t16-/m1/s1. The third kappa shape index (κ3) is 4.79. The lowest BCUT2D eigenvalue weighted by Gasteiger charge is -2.39. The summed E-state index contributed by atoms with van der Waals surface area (Å²) in [5.74, 6) is 0.666. The zero-order valence-corrected chi connectivity index (χ0v) is 17.1. The van der Waals surface area contributed by atoms with Crippen molar-refractivity contribution in [2.75, 3.05) is 24.5 Å². The molecule has 0 N–H and O–H groups in total. The van der Waals surface area contributed by atoms with E-state index in [0.717, 1.165) is 35.2 Å². The predicted octanol–water partition coefficient (Wildman–Crippen LogP) is 3.55. The Morgan fingerprint density at radius 1 is 1.10 bits per heavy atom. The quantitative estimate of drug-likeness (QED) is 0.646. The first-order valence-electron chi connectivity index (χ1n) is 9.74. The van der Waals surface area contributed by atoms with Crippen molar-refractivity contribution in [2.45, 2.75) is 25.8 Å². The fourth-order valence-corrected chi connectivity index (χ4v) is 4.32. The van der Waals surface area contributed by atoms with Crippen molar-refractivity contribution >= 4 is 22.6 Å². The Bertz CT molecular complexity index is 960. The second kappa shape index (κ2) is 8.69. The molecule has 0 radical (unpaired) electrons. The summed E-state index contributed by atoms with van der Waals surface area (Å²) in [4.78, 5) is 21.5. The van der Waals surface area contributed by atoms with Crippen molar-refractivity contribution in [3.63, 3.8) is 0 Å². The molecule has 1 fully saturated rings. The highest BCUT2D eigenvalue weighted by molar-refractivity contribution is 7.09. The van der Waals surface area contributed by atoms with Gasteiger partial charge in [0, 0.05) is 43.6 Å². The number of hydrogen-bond donors (Lipinski definition) is 0. The number of piperazine rings is 1. The van der Waals surface area contributed by atoms with Crippen LogP contribution in [0.1, 0.15) is 23.9 Å². The fourth-order valence-electron chi connectivity index (χ4n) is 3.60. The van der Waals surface area contributed by atoms with Gasteiger partial charge in [0.15, 0.2) is 0 Å². The molecule has 0 saturated carbocycles. The van der Waals surface area contributed by atoms with Crippen LogP contribution in [0.4, 0.5) is 9.52 Å². The average Bonchev–Trinajstić information content (AvgIpc) is 3.19. The van der Waals surface area contributed by atoms with Crippen molar-refractivity contribution < 1.29 is 9.18 Å². The summed E-state index contributed by atoms with van der Waals surface area (Å²) < 4.78 is 17.5. The molecule has 1 amide bonds. The van der Waals surface area contributed by atoms with Gasteiger partial charge in [0.1, 0.15) is 11.6 Å². The molecular formula is C22H23FN4OS. The minimum atomic E-state index is -0.241. The number of rotatable bonds is 5. The molecule has 0 spiro atoms. The number of anilines is 1. The number of amides is 1. The summed E-state index contributed by atoms with van der Waals surface area (Å²) >= 11 is 1.38. The highest BCUT2D eigenvalue weighted by Crippen LogP contribution is 2.23. The maximum Gasteiger partial charge on any atom is 0.227 e. The largest absolute Gasteiger partial charge is 0.343 e. The molecule has 0 unspecified atom stereocenters. The summed E-state index contributed by atoms with van der Waals surface area (Å²) in [5, 5.41) is 0.879. The molecule has 7 heteroatoms. The number of hydrogen-bond acceptors (Lipinski definition) is 5. The fraction of sp³-hybridized carbons (Fsp3) is 0.318. The second-order valence-electron chi connectivity index (χ2n) is 7.34. The van der Waals surface area contributed by atoms with Crippen molar-refractivity contribution in [2.24, 2.45) is 0 Å². The molecular weight excluding hydrogens is 387 g/mol. The van der Waals surface area contributed by atoms with Crippen LogP contribution in [0, 0.1) is 5.82 Å². The lowest BCUT2D eigenvalue weighted by Crippen LogP contribution is -2.54. The Morgan fingerprint density at radius 3 is 2.59 bits per heavy atom. The first-order valence-corrected chi connectivity index (χ1v) is 10.5. The molecule has 0 aliphatic carbocycles. The Kier molecular flexibility index (Phi) is 5.85. The van der Waals surface area contributed by atoms with E-state index in [9.17, 15) is 9.18 Å². The van der Waals surface area contributed by atoms with Gasteiger partial charge in [0.05, 0.1) is 6.42 Å². The first-order chi connectivity index (χ1) is 14.1. The van der Waals surface area contributed by atoms with Crippen LogP contribution in [0.15, 0.2) is 54.6 Å². The van der Waals surface area contributed by atoms with Crippen LogP contribution < -0.4 is 4.90 Å². The van der Waals surface area contributed by atoms with Crippen molar-refractivity contribution in [1.29, 1.82) is 0 Å². The van der Waals surface area contributed by atoms with Gasteiger partial charge in [-0.25, -0.2) is 9.37 Å². The monoisotopic (exact) mass is 410 g/mol. The molecule has 3 aromatic rings. The smallest absolute Gasteiger partial charge is 0.227 e. The molecule has 2 heterocycles. The molecule has 0 bridgehead atoms. The second-order valence-corrected chi connectivity index (χ2v) is 8.07. The van der Waals surface area contributed by atoms with Crippen LogP contribution in [0.25, 0.3) is 0 Å². The first kappa shape index (κ1) is 19.5. The molecule has 1 aliphatic heterocycles. The van der Waals surface area contributed by atoms with E-state index in [0.29, 0.717) is 19.4 Å². The van der Waals surface area contributed by atoms with Crippen molar-refractivity contribution in [3.05, 3.63) is 77.4 Å². The zero-order chi connectivity index (χ0) is 20.2. The summed E-state index contributed by atoms with van der Waals surface area (Å²) in [6, 6.07) is 16.4. The van der Waals surface area contributed by atoms with Crippen LogP contribution in [0.3, 0.4) is 0 Å². The van der Waals surface area contributed by atoms with E-state index >= 15 is 0 Å². The van der Waals surface area contributed by atoms with Gasteiger partial charge in [-0.3, -0.25) is 4.79 Å². The molecule has 1 atom stereocenters. The number of benzene rings is 2. The van der Waals surface area contributed by atoms with E-state index in [1.807, 2.05) is 35.2 Å². The molecule has 5 nitrogen and oxygen atoms in total. The van der Waals surface area contributed by atoms with Gasteiger partial charge in [-0.2, -0.15) is 4.37 Å². The summed E-state index contributed by atoms with van der Waals surface area (Å²) in [6.45, 7) is 4.25. The lowest BCUT2D eigenvalue weighted by molar-refractivity contribution is -0.132. The highest BCUT2D eigenvalue weighted by atomic mass is 32.1. The van der Waals surface area contributed by atoms with Gasteiger partial charge in [-0.15, -0.1) is 0 Å². The van der Waals surface area contributed by atoms with Gasteiger partial charge in [-0.1, -0.05) is 42.5 Å². The minimum Gasteiger partial charge on any atom is -0.343 e. The van der Waals surface area contributed by atoms with E-state index in [-0.39, 0.29) is 17.8 Å². The maximum atomic E-state index is 13.1. The Morgan fingerprint density at radius 2 is 1.86 bits per heavy atom. The van der Waals surface area contributed by atoms with Crippen LogP contribution in [-0.4, -0.2) is 45.8 Å². The maximum absolute atomic E-state index is 13.1. The van der Waals surface area contributed by atoms with E-state index < -0.39 is 0 Å². The minimum absolute atomic E-state index is 0.115. The molecule has 150 valence electrons. The topological polar surface area (TPSA) is 49.3 Å². The SMILES string of the molecule is C[C@@H]1CN(c2nc(Cc3ccc(F)cc3)ns2)CCN1C(=O)Cc1ccccc1.